The van der Waals surface area contributed by atoms with E-state index in [0.717, 1.165) is 39.7 Å². The second-order valence-electron chi connectivity index (χ2n) is 8.82. The molecule has 1 heterocycles. The van der Waals surface area contributed by atoms with Gasteiger partial charge in [0.2, 0.25) is 0 Å². The summed E-state index contributed by atoms with van der Waals surface area (Å²) in [4.78, 5) is 25.1. The number of esters is 1. The fraction of sp³-hybridized carbons (Fsp3) is 0.241. The number of rotatable bonds is 7. The summed E-state index contributed by atoms with van der Waals surface area (Å²) in [6.07, 6.45) is -2.20. The third-order valence-corrected chi connectivity index (χ3v) is 6.43. The number of aromatic nitrogens is 1. The number of aryl methyl sites for hydroxylation is 1. The van der Waals surface area contributed by atoms with Crippen LogP contribution in [-0.2, 0) is 23.9 Å². The second kappa shape index (κ2) is 10.5. The number of amides is 1. The van der Waals surface area contributed by atoms with E-state index >= 15 is 0 Å². The summed E-state index contributed by atoms with van der Waals surface area (Å²) in [5, 5.41) is 3.80. The number of methoxy groups -OCH3 is 1. The van der Waals surface area contributed by atoms with E-state index in [2.05, 4.69) is 5.32 Å². The van der Waals surface area contributed by atoms with E-state index in [0.29, 0.717) is 24.1 Å². The molecule has 0 bridgehead atoms. The van der Waals surface area contributed by atoms with Crippen molar-refractivity contribution in [2.45, 2.75) is 39.0 Å². The standard InChI is InChI=1S/C29H27F3N2O3/c1-4-34-17-24(27(35)33-18(2)20-10-12-21(13-11-20)28(36)37-3)26-22(6-5-7-25(26)34)16-19-8-14-23(15-9-19)29(30,31)32/h5-15,17-18H,4,16H2,1-3H3,(H,33,35)/t18-/m0/s1. The monoisotopic (exact) mass is 508 g/mol. The molecular weight excluding hydrogens is 481 g/mol. The number of nitrogens with zero attached hydrogens (tertiary/aromatic N) is 1. The average molecular weight is 509 g/mol. The van der Waals surface area contributed by atoms with Crippen molar-refractivity contribution in [2.24, 2.45) is 0 Å². The first-order chi connectivity index (χ1) is 17.6. The highest BCUT2D eigenvalue weighted by Gasteiger charge is 2.30. The molecule has 0 radical (unpaired) electrons. The van der Waals surface area contributed by atoms with Crippen molar-refractivity contribution >= 4 is 22.8 Å². The van der Waals surface area contributed by atoms with Gasteiger partial charge in [0.05, 0.1) is 29.8 Å². The molecule has 0 aliphatic heterocycles. The van der Waals surface area contributed by atoms with Crippen LogP contribution in [-0.4, -0.2) is 23.6 Å². The first-order valence-electron chi connectivity index (χ1n) is 11.9. The third-order valence-electron chi connectivity index (χ3n) is 6.43. The summed E-state index contributed by atoms with van der Waals surface area (Å²) >= 11 is 0. The van der Waals surface area contributed by atoms with Crippen molar-refractivity contribution < 1.29 is 27.5 Å². The smallest absolute Gasteiger partial charge is 0.416 e. The van der Waals surface area contributed by atoms with Gasteiger partial charge < -0.3 is 14.6 Å². The number of hydrogen-bond acceptors (Lipinski definition) is 3. The zero-order valence-corrected chi connectivity index (χ0v) is 20.7. The minimum absolute atomic E-state index is 0.262. The lowest BCUT2D eigenvalue weighted by Gasteiger charge is -2.15. The molecular formula is C29H27F3N2O3. The number of hydrogen-bond donors (Lipinski definition) is 1. The summed E-state index contributed by atoms with van der Waals surface area (Å²) in [7, 11) is 1.32. The topological polar surface area (TPSA) is 60.3 Å². The highest BCUT2D eigenvalue weighted by atomic mass is 19.4. The van der Waals surface area contributed by atoms with Gasteiger partial charge in [-0.05, 0) is 67.3 Å². The minimum Gasteiger partial charge on any atom is -0.465 e. The number of ether oxygens (including phenoxy) is 1. The van der Waals surface area contributed by atoms with E-state index in [4.69, 9.17) is 4.74 Å². The maximum absolute atomic E-state index is 13.4. The zero-order valence-electron chi connectivity index (χ0n) is 20.7. The lowest BCUT2D eigenvalue weighted by Crippen LogP contribution is -2.26. The molecule has 0 aliphatic rings. The quantitative estimate of drug-likeness (QED) is 0.288. The highest BCUT2D eigenvalue weighted by Crippen LogP contribution is 2.31. The van der Waals surface area contributed by atoms with Crippen LogP contribution in [0, 0.1) is 0 Å². The number of carbonyl (C=O) groups is 2. The predicted molar refractivity (Wildman–Crippen MR) is 136 cm³/mol. The van der Waals surface area contributed by atoms with E-state index in [1.807, 2.05) is 42.8 Å². The molecule has 1 atom stereocenters. The van der Waals surface area contributed by atoms with Crippen LogP contribution in [0.3, 0.4) is 0 Å². The molecule has 5 nitrogen and oxygen atoms in total. The fourth-order valence-electron chi connectivity index (χ4n) is 4.42. The number of carbonyl (C=O) groups excluding carboxylic acids is 2. The lowest BCUT2D eigenvalue weighted by atomic mass is 9.98. The molecule has 0 spiro atoms. The van der Waals surface area contributed by atoms with Crippen LogP contribution in [0.15, 0.2) is 72.9 Å². The van der Waals surface area contributed by atoms with Crippen molar-refractivity contribution in [3.63, 3.8) is 0 Å². The molecule has 1 aromatic heterocycles. The van der Waals surface area contributed by atoms with Gasteiger partial charge in [0.15, 0.2) is 0 Å². The Morgan fingerprint density at radius 2 is 1.68 bits per heavy atom. The molecule has 8 heteroatoms. The Balaban J connectivity index is 1.63. The van der Waals surface area contributed by atoms with E-state index in [1.165, 1.54) is 19.2 Å². The number of benzene rings is 3. The fourth-order valence-corrected chi connectivity index (χ4v) is 4.42. The summed E-state index contributed by atoms with van der Waals surface area (Å²) in [6.45, 7) is 4.49. The van der Waals surface area contributed by atoms with Crippen LogP contribution in [0.4, 0.5) is 13.2 Å². The Morgan fingerprint density at radius 3 is 2.27 bits per heavy atom. The van der Waals surface area contributed by atoms with Gasteiger partial charge in [-0.15, -0.1) is 0 Å². The van der Waals surface area contributed by atoms with E-state index in [-0.39, 0.29) is 11.9 Å². The molecule has 0 saturated carbocycles. The maximum Gasteiger partial charge on any atom is 0.416 e. The van der Waals surface area contributed by atoms with Crippen LogP contribution in [0.1, 0.15) is 62.9 Å². The molecule has 192 valence electrons. The van der Waals surface area contributed by atoms with Crippen molar-refractivity contribution in [3.05, 3.63) is 106 Å². The number of alkyl halides is 3. The highest BCUT2D eigenvalue weighted by molar-refractivity contribution is 6.08. The van der Waals surface area contributed by atoms with Gasteiger partial charge in [-0.1, -0.05) is 36.4 Å². The predicted octanol–water partition coefficient (Wildman–Crippen LogP) is 6.55. The normalized spacial score (nSPS) is 12.4. The Hall–Kier alpha value is -4.07. The molecule has 37 heavy (non-hydrogen) atoms. The van der Waals surface area contributed by atoms with Crippen LogP contribution in [0.5, 0.6) is 0 Å². The van der Waals surface area contributed by atoms with Gasteiger partial charge in [-0.3, -0.25) is 4.79 Å². The van der Waals surface area contributed by atoms with Crippen molar-refractivity contribution in [2.75, 3.05) is 7.11 Å². The van der Waals surface area contributed by atoms with Crippen LogP contribution in [0.2, 0.25) is 0 Å². The first-order valence-corrected chi connectivity index (χ1v) is 11.9. The second-order valence-corrected chi connectivity index (χ2v) is 8.82. The molecule has 4 rings (SSSR count). The van der Waals surface area contributed by atoms with Gasteiger partial charge in [0.25, 0.3) is 5.91 Å². The van der Waals surface area contributed by atoms with Crippen molar-refractivity contribution in [1.29, 1.82) is 0 Å². The molecule has 0 unspecified atom stereocenters. The number of halogens is 3. The molecule has 1 N–H and O–H groups in total. The van der Waals surface area contributed by atoms with Crippen LogP contribution in [0.25, 0.3) is 10.9 Å². The Morgan fingerprint density at radius 1 is 1.00 bits per heavy atom. The molecule has 0 aliphatic carbocycles. The molecule has 4 aromatic rings. The van der Waals surface area contributed by atoms with E-state index < -0.39 is 17.7 Å². The molecule has 1 amide bonds. The first kappa shape index (κ1) is 26.0. The summed E-state index contributed by atoms with van der Waals surface area (Å²) in [5.41, 5.74) is 3.50. The molecule has 0 fully saturated rings. The van der Waals surface area contributed by atoms with Gasteiger partial charge in [0.1, 0.15) is 0 Å². The summed E-state index contributed by atoms with van der Waals surface area (Å²) in [5.74, 6) is -0.696. The van der Waals surface area contributed by atoms with Gasteiger partial charge >= 0.3 is 12.1 Å². The number of fused-ring (bicyclic) bond motifs is 1. The van der Waals surface area contributed by atoms with E-state index in [9.17, 15) is 22.8 Å². The Bertz CT molecular complexity index is 1420. The van der Waals surface area contributed by atoms with Crippen molar-refractivity contribution in [3.8, 4) is 0 Å². The van der Waals surface area contributed by atoms with Gasteiger partial charge in [0, 0.05) is 23.6 Å². The Kier molecular flexibility index (Phi) is 7.38. The van der Waals surface area contributed by atoms with Gasteiger partial charge in [-0.2, -0.15) is 13.2 Å². The lowest BCUT2D eigenvalue weighted by molar-refractivity contribution is -0.137. The van der Waals surface area contributed by atoms with Crippen LogP contribution < -0.4 is 5.32 Å². The Labute approximate surface area is 212 Å². The summed E-state index contributed by atoms with van der Waals surface area (Å²) < 4.78 is 45.6. The van der Waals surface area contributed by atoms with Crippen molar-refractivity contribution in [1.82, 2.24) is 9.88 Å². The summed E-state index contributed by atoms with van der Waals surface area (Å²) in [6, 6.07) is 17.3. The third kappa shape index (κ3) is 5.53. The largest absolute Gasteiger partial charge is 0.465 e. The average Bonchev–Trinajstić information content (AvgIpc) is 3.28. The van der Waals surface area contributed by atoms with Gasteiger partial charge in [-0.25, -0.2) is 4.79 Å². The van der Waals surface area contributed by atoms with Crippen LogP contribution >= 0.6 is 0 Å². The number of nitrogens with one attached hydrogen (secondary N) is 1. The maximum atomic E-state index is 13.4. The van der Waals surface area contributed by atoms with E-state index in [1.54, 1.807) is 24.3 Å². The molecule has 3 aromatic carbocycles. The SMILES string of the molecule is CCn1cc(C(=O)N[C@@H](C)c2ccc(C(=O)OC)cc2)c2c(Cc3ccc(C(F)(F)F)cc3)cccc21. The minimum atomic E-state index is -4.39. The zero-order chi connectivity index (χ0) is 26.7. The molecule has 0 saturated heterocycles.